The van der Waals surface area contributed by atoms with Gasteiger partial charge in [-0.25, -0.2) is 14.4 Å². The van der Waals surface area contributed by atoms with E-state index in [-0.39, 0.29) is 134 Å². The molecule has 7 aliphatic rings. The maximum atomic E-state index is 14.5. The molecule has 6 aromatic rings. The highest BCUT2D eigenvalue weighted by atomic mass is 16.6. The molecule has 0 radical (unpaired) electrons. The number of nitrogens with one attached hydrogen (secondary N) is 2. The van der Waals surface area contributed by atoms with E-state index in [1.165, 1.54) is 20.0 Å². The largest absolute Gasteiger partial charge is 0.493 e. The fourth-order valence-corrected chi connectivity index (χ4v) is 15.7. The van der Waals surface area contributed by atoms with E-state index in [0.29, 0.717) is 83.9 Å². The van der Waals surface area contributed by atoms with Crippen LogP contribution in [0.15, 0.2) is 97.1 Å². The summed E-state index contributed by atoms with van der Waals surface area (Å²) < 4.78 is 31.9. The van der Waals surface area contributed by atoms with Crippen molar-refractivity contribution < 1.29 is 71.9 Å². The summed E-state index contributed by atoms with van der Waals surface area (Å²) in [6, 6.07) is 27.7. The predicted octanol–water partition coefficient (Wildman–Crippen LogP) is 10.3. The number of ketones is 3. The molecule has 5 aromatic carbocycles. The number of carbonyl (C=O) groups is 9. The molecule has 2 aliphatic carbocycles. The molecular weight excluding hydrogens is 1330 g/mol. The molecule has 6 heterocycles. The number of fused-ring (bicyclic) bond motifs is 9. The summed E-state index contributed by atoms with van der Waals surface area (Å²) in [5.74, 6) is -1.93. The van der Waals surface area contributed by atoms with Crippen molar-refractivity contribution in [1.82, 2.24) is 35.4 Å². The van der Waals surface area contributed by atoms with Crippen molar-refractivity contribution >= 4 is 64.4 Å². The summed E-state index contributed by atoms with van der Waals surface area (Å²) in [4.78, 5) is 130. The second-order valence-corrected chi connectivity index (χ2v) is 29.7. The molecule has 2 saturated carbocycles. The van der Waals surface area contributed by atoms with Gasteiger partial charge in [0.2, 0.25) is 17.7 Å². The summed E-state index contributed by atoms with van der Waals surface area (Å²) in [5, 5.41) is 26.5. The van der Waals surface area contributed by atoms with Crippen LogP contribution in [0.5, 0.6) is 23.0 Å². The van der Waals surface area contributed by atoms with E-state index in [2.05, 4.69) is 25.8 Å². The molecule has 3 N–H and O–H groups in total. The lowest BCUT2D eigenvalue weighted by Crippen LogP contribution is -2.50. The second-order valence-electron chi connectivity index (χ2n) is 29.7. The highest BCUT2D eigenvalue weighted by Gasteiger charge is 2.58. The Kier molecular flexibility index (Phi) is 21.4. The number of para-hydroxylation sites is 1. The van der Waals surface area contributed by atoms with Crippen molar-refractivity contribution in [3.63, 3.8) is 0 Å². The molecule has 104 heavy (non-hydrogen) atoms. The van der Waals surface area contributed by atoms with Gasteiger partial charge in [0, 0.05) is 92.9 Å². The van der Waals surface area contributed by atoms with Crippen LogP contribution in [-0.2, 0) is 66.0 Å². The molecule has 13 rings (SSSR count). The van der Waals surface area contributed by atoms with E-state index < -0.39 is 47.9 Å². The zero-order chi connectivity index (χ0) is 73.1. The van der Waals surface area contributed by atoms with E-state index in [4.69, 9.17) is 23.7 Å². The minimum absolute atomic E-state index is 0.0481. The van der Waals surface area contributed by atoms with Crippen molar-refractivity contribution in [2.45, 2.75) is 181 Å². The number of benzene rings is 5. The van der Waals surface area contributed by atoms with Gasteiger partial charge < -0.3 is 54.1 Å². The van der Waals surface area contributed by atoms with Gasteiger partial charge in [0.25, 0.3) is 11.8 Å². The highest BCUT2D eigenvalue weighted by molar-refractivity contribution is 6.06. The van der Waals surface area contributed by atoms with Crippen LogP contribution in [0, 0.1) is 22.7 Å². The van der Waals surface area contributed by atoms with Crippen molar-refractivity contribution in [3.05, 3.63) is 130 Å². The maximum absolute atomic E-state index is 14.5. The van der Waals surface area contributed by atoms with Crippen LogP contribution in [0.1, 0.15) is 167 Å². The number of aliphatic hydroxyl groups is 1. The van der Waals surface area contributed by atoms with Crippen LogP contribution >= 0.6 is 0 Å². The number of nitrogens with zero attached hydrogens (tertiary/aromatic N) is 7. The van der Waals surface area contributed by atoms with E-state index in [1.807, 2.05) is 72.3 Å². The van der Waals surface area contributed by atoms with Crippen molar-refractivity contribution in [2.24, 2.45) is 22.7 Å². The predicted molar refractivity (Wildman–Crippen MR) is 385 cm³/mol. The minimum Gasteiger partial charge on any atom is -0.493 e. The number of carbonyl (C=O) groups excluding carboxylic acids is 9. The van der Waals surface area contributed by atoms with E-state index in [1.54, 1.807) is 74.1 Å². The Morgan fingerprint density at radius 2 is 1.32 bits per heavy atom. The Hall–Kier alpha value is -9.97. The number of aromatic nitrogens is 3. The first kappa shape index (κ1) is 72.4. The van der Waals surface area contributed by atoms with Gasteiger partial charge in [-0.1, -0.05) is 85.8 Å². The molecule has 0 bridgehead atoms. The number of methoxy groups -OCH3 is 2. The quantitative estimate of drug-likeness (QED) is 0.0368. The maximum Gasteiger partial charge on any atom is 0.416 e. The van der Waals surface area contributed by atoms with Crippen molar-refractivity contribution in [3.8, 4) is 45.5 Å². The first-order chi connectivity index (χ1) is 50.2. The lowest BCUT2D eigenvalue weighted by atomic mass is 9.89. The first-order valence-corrected chi connectivity index (χ1v) is 36.7. The van der Waals surface area contributed by atoms with Crippen LogP contribution in [-0.4, -0.2) is 154 Å². The first-order valence-electron chi connectivity index (χ1n) is 36.7. The van der Waals surface area contributed by atoms with Gasteiger partial charge in [-0.05, 0) is 148 Å². The molecule has 548 valence electrons. The zero-order valence-electron chi connectivity index (χ0n) is 60.2. The normalized spacial score (nSPS) is 18.9. The summed E-state index contributed by atoms with van der Waals surface area (Å²) in [6.45, 7) is 9.41. The Morgan fingerprint density at radius 3 is 2.02 bits per heavy atom. The summed E-state index contributed by atoms with van der Waals surface area (Å²) in [6.07, 6.45) is 6.58. The second kappa shape index (κ2) is 30.8. The summed E-state index contributed by atoms with van der Waals surface area (Å²) in [7, 11) is 3.06. The van der Waals surface area contributed by atoms with Crippen LogP contribution < -0.4 is 39.4 Å². The van der Waals surface area contributed by atoms with Crippen LogP contribution in [0.25, 0.3) is 22.5 Å². The molecule has 2 saturated heterocycles. The fraction of sp³-hybridized carbons (Fsp3) is 0.487. The third kappa shape index (κ3) is 15.5. The minimum atomic E-state index is -1.45. The Balaban J connectivity index is 0.555. The van der Waals surface area contributed by atoms with Crippen LogP contribution in [0.4, 0.5) is 16.2 Å². The summed E-state index contributed by atoms with van der Waals surface area (Å²) in [5.41, 5.74) is 8.13. The monoisotopic (exact) mass is 1420 g/mol. The Bertz CT molecular complexity index is 4310. The van der Waals surface area contributed by atoms with Crippen LogP contribution in [0.2, 0.25) is 0 Å². The standard InChI is InChI=1S/C80H93N9O15/c1-7-88-73-57-16-10-9-15-53(57)44-85(62-18-12-11-17-58(62)72(73)83-84-88)71(94)28-26-55(90)25-27-70(93)81-43-56(91)37-59(48(2)3)74(95)82-49(4)65(92)35-50-19-21-51(22-20-50)45-104-78(99)89-63-40-69(67(101-6)39-61(63)76(97)87-47-80(31-32-80)42-64(87)77(89)98)103-34-14-8-13-33-102-68-36-52-23-24-54-41-79(29-30-79)46-86(54)75(96)60(52)38-66(68)100-5/h9-12,15-22,36,38-40,48-49,54,59,64,77,98H,7-8,13-14,23-35,37,41-47H2,1-6H3,(H,81,93)(H,82,95)/t49-,54+,59-,64-,77?/m0/s1. The molecular formula is C80H93N9O15. The van der Waals surface area contributed by atoms with Gasteiger partial charge in [-0.3, -0.25) is 38.4 Å². The highest BCUT2D eigenvalue weighted by Crippen LogP contribution is 2.58. The number of anilines is 2. The molecule has 6 amide bonds. The van der Waals surface area contributed by atoms with Gasteiger partial charge in [0.15, 0.2) is 40.8 Å². The van der Waals surface area contributed by atoms with E-state index >= 15 is 0 Å². The van der Waals surface area contributed by atoms with E-state index in [9.17, 15) is 48.3 Å². The third-order valence-electron chi connectivity index (χ3n) is 22.2. The zero-order valence-corrected chi connectivity index (χ0v) is 60.2. The average molecular weight is 1420 g/mol. The lowest BCUT2D eigenvalue weighted by molar-refractivity contribution is -0.133. The molecule has 24 heteroatoms. The molecule has 4 fully saturated rings. The molecule has 1 aromatic heterocycles. The number of Topliss-reactive ketones (excluding diaryl/α,β-unsaturated/α-hetero) is 3. The Labute approximate surface area is 605 Å². The molecule has 24 nitrogen and oxygen atoms in total. The Morgan fingerprint density at radius 1 is 0.673 bits per heavy atom. The topological polar surface area (TPSA) is 288 Å². The number of unbranched alkanes of at least 4 members (excludes halogenated alkanes) is 2. The van der Waals surface area contributed by atoms with Crippen molar-refractivity contribution in [2.75, 3.05) is 56.9 Å². The number of aryl methyl sites for hydroxylation is 2. The van der Waals surface area contributed by atoms with Gasteiger partial charge in [-0.15, -0.1) is 5.10 Å². The summed E-state index contributed by atoms with van der Waals surface area (Å²) >= 11 is 0. The number of ether oxygens (including phenoxy) is 5. The number of hydrogen-bond acceptors (Lipinski definition) is 17. The number of hydrogen-bond donors (Lipinski definition) is 3. The lowest BCUT2D eigenvalue weighted by Gasteiger charge is -2.31. The van der Waals surface area contributed by atoms with Crippen molar-refractivity contribution in [1.29, 1.82) is 0 Å². The van der Waals surface area contributed by atoms with Gasteiger partial charge >= 0.3 is 6.09 Å². The smallest absolute Gasteiger partial charge is 0.416 e. The molecule has 5 aliphatic heterocycles. The SMILES string of the molecule is CCn1nnc2c1-c1ccccc1CN(C(=O)CCC(=O)CCC(=O)NCC(=O)C[C@H](C(=O)N[C@@H](C)C(=O)Cc1ccc(COC(=O)N3c4cc(OCCCCCOc5cc6c(cc5OC)C(=O)N5CC7(CC7)C[C@H]5CC6)c(OC)cc4C(=O)N4CC5(CC5)C[C@H]4C3O)cc1)C(C)C)c1ccccc1-2. The van der Waals surface area contributed by atoms with Gasteiger partial charge in [0.05, 0.1) is 75.2 Å². The van der Waals surface area contributed by atoms with E-state index in [0.717, 1.165) is 77.9 Å². The van der Waals surface area contributed by atoms with Crippen LogP contribution in [0.3, 0.4) is 0 Å². The molecule has 2 spiro atoms. The molecule has 5 atom stereocenters. The number of amides is 6. The molecule has 1 unspecified atom stereocenters. The number of rotatable bonds is 29. The van der Waals surface area contributed by atoms with Gasteiger partial charge in [0.1, 0.15) is 18.1 Å². The van der Waals surface area contributed by atoms with Gasteiger partial charge in [-0.2, -0.15) is 0 Å². The third-order valence-corrected chi connectivity index (χ3v) is 22.2. The average Bonchev–Trinajstić information content (AvgIpc) is 1.57. The number of aliphatic hydroxyl groups excluding tert-OH is 1. The fourth-order valence-electron chi connectivity index (χ4n) is 15.7.